The standard InChI is InChI=1S/C29H29BrFN7O4/c1-16-5-8-24(30)34-27(16)35-28(41)23-10-29(31,15-42-4)14-37(23)25(40)13-38-22-7-6-19(20-11-32-18(3)33-12-20)9-21(22)26(36-38)17(2)39/h5-9,11-12,23H,10,13-15H2,1-4H3,(H,34,35,41)/t23-,29+/m0/s1. The number of rotatable bonds is 8. The monoisotopic (exact) mass is 637 g/mol. The highest BCUT2D eigenvalue weighted by Gasteiger charge is 2.49. The Balaban J connectivity index is 1.45. The molecule has 1 fully saturated rings. The van der Waals surface area contributed by atoms with Gasteiger partial charge in [-0.05, 0) is 59.1 Å². The molecule has 218 valence electrons. The minimum absolute atomic E-state index is 0.193. The Morgan fingerprint density at radius 2 is 1.88 bits per heavy atom. The number of hydrogen-bond acceptors (Lipinski definition) is 8. The first kappa shape index (κ1) is 29.4. The fraction of sp³-hybridized carbons (Fsp3) is 0.345. The number of pyridine rings is 1. The number of likely N-dealkylation sites (tertiary alicyclic amines) is 1. The second-order valence-electron chi connectivity index (χ2n) is 10.4. The summed E-state index contributed by atoms with van der Waals surface area (Å²) in [6, 6.07) is 7.80. The lowest BCUT2D eigenvalue weighted by atomic mass is 10.0. The molecule has 42 heavy (non-hydrogen) atoms. The third kappa shape index (κ3) is 5.93. The Morgan fingerprint density at radius 1 is 1.14 bits per heavy atom. The minimum Gasteiger partial charge on any atom is -0.381 e. The van der Waals surface area contributed by atoms with Gasteiger partial charge in [0.15, 0.2) is 11.5 Å². The molecular formula is C29H29BrFN7O4. The number of fused-ring (bicyclic) bond motifs is 1. The van der Waals surface area contributed by atoms with E-state index in [4.69, 9.17) is 4.74 Å². The molecule has 4 heterocycles. The third-order valence-electron chi connectivity index (χ3n) is 7.20. The largest absolute Gasteiger partial charge is 0.381 e. The van der Waals surface area contributed by atoms with Crippen molar-refractivity contribution in [2.45, 2.75) is 45.4 Å². The zero-order chi connectivity index (χ0) is 30.2. The first-order valence-corrected chi connectivity index (χ1v) is 14.0. The normalized spacial score (nSPS) is 18.4. The molecule has 5 rings (SSSR count). The van der Waals surface area contributed by atoms with Gasteiger partial charge >= 0.3 is 0 Å². The number of aryl methyl sites for hydroxylation is 2. The number of alkyl halides is 1. The molecule has 1 aliphatic heterocycles. The van der Waals surface area contributed by atoms with Crippen molar-refractivity contribution >= 4 is 50.2 Å². The van der Waals surface area contributed by atoms with Crippen molar-refractivity contribution in [1.29, 1.82) is 0 Å². The first-order valence-electron chi connectivity index (χ1n) is 13.2. The summed E-state index contributed by atoms with van der Waals surface area (Å²) in [5, 5.41) is 7.73. The molecule has 4 aromatic rings. The van der Waals surface area contributed by atoms with Gasteiger partial charge in [0.2, 0.25) is 11.8 Å². The molecule has 1 saturated heterocycles. The zero-order valence-corrected chi connectivity index (χ0v) is 25.1. The smallest absolute Gasteiger partial charge is 0.248 e. The molecule has 3 aromatic heterocycles. The molecule has 0 bridgehead atoms. The number of ketones is 1. The van der Waals surface area contributed by atoms with Gasteiger partial charge < -0.3 is 15.0 Å². The van der Waals surface area contributed by atoms with Crippen molar-refractivity contribution in [2.24, 2.45) is 0 Å². The predicted octanol–water partition coefficient (Wildman–Crippen LogP) is 4.06. The summed E-state index contributed by atoms with van der Waals surface area (Å²) in [7, 11) is 1.37. The van der Waals surface area contributed by atoms with Gasteiger partial charge in [0, 0.05) is 43.8 Å². The molecule has 0 unspecified atom stereocenters. The lowest BCUT2D eigenvalue weighted by Crippen LogP contribution is -2.45. The number of benzene rings is 1. The van der Waals surface area contributed by atoms with Crippen LogP contribution >= 0.6 is 15.9 Å². The molecular weight excluding hydrogens is 609 g/mol. The molecule has 1 aromatic carbocycles. The molecule has 0 radical (unpaired) electrons. The van der Waals surface area contributed by atoms with Crippen LogP contribution in [0.1, 0.15) is 35.2 Å². The Morgan fingerprint density at radius 3 is 2.57 bits per heavy atom. The molecule has 0 spiro atoms. The number of nitrogens with one attached hydrogen (secondary N) is 1. The molecule has 1 N–H and O–H groups in total. The maximum absolute atomic E-state index is 15.7. The van der Waals surface area contributed by atoms with E-state index in [1.807, 2.05) is 6.07 Å². The number of carbonyl (C=O) groups is 3. The molecule has 0 aliphatic carbocycles. The van der Waals surface area contributed by atoms with E-state index in [0.29, 0.717) is 32.7 Å². The van der Waals surface area contributed by atoms with Crippen molar-refractivity contribution in [1.82, 2.24) is 29.6 Å². The van der Waals surface area contributed by atoms with E-state index in [0.717, 1.165) is 11.1 Å². The number of amides is 2. The van der Waals surface area contributed by atoms with Crippen LogP contribution in [0.15, 0.2) is 47.3 Å². The van der Waals surface area contributed by atoms with Gasteiger partial charge in [0.25, 0.3) is 0 Å². The number of anilines is 1. The van der Waals surface area contributed by atoms with Gasteiger partial charge in [-0.15, -0.1) is 0 Å². The van der Waals surface area contributed by atoms with Crippen molar-refractivity contribution in [3.05, 3.63) is 64.4 Å². The summed E-state index contributed by atoms with van der Waals surface area (Å²) >= 11 is 3.29. The average Bonchev–Trinajstić information content (AvgIpc) is 3.49. The lowest BCUT2D eigenvalue weighted by Gasteiger charge is -2.24. The predicted molar refractivity (Wildman–Crippen MR) is 157 cm³/mol. The Kier molecular flexibility index (Phi) is 8.15. The van der Waals surface area contributed by atoms with E-state index in [2.05, 4.69) is 41.3 Å². The van der Waals surface area contributed by atoms with E-state index < -0.39 is 23.5 Å². The highest BCUT2D eigenvalue weighted by atomic mass is 79.9. The number of carbonyl (C=O) groups excluding carboxylic acids is 3. The summed E-state index contributed by atoms with van der Waals surface area (Å²) in [4.78, 5) is 53.6. The van der Waals surface area contributed by atoms with E-state index in [9.17, 15) is 14.4 Å². The van der Waals surface area contributed by atoms with Gasteiger partial charge in [0.1, 0.15) is 34.5 Å². The lowest BCUT2D eigenvalue weighted by molar-refractivity contribution is -0.137. The first-order chi connectivity index (χ1) is 20.0. The van der Waals surface area contributed by atoms with Gasteiger partial charge in [0.05, 0.1) is 18.7 Å². The average molecular weight is 638 g/mol. The molecule has 1 aliphatic rings. The van der Waals surface area contributed by atoms with Gasteiger partial charge in [-0.2, -0.15) is 5.10 Å². The maximum atomic E-state index is 15.7. The highest BCUT2D eigenvalue weighted by Crippen LogP contribution is 2.33. The summed E-state index contributed by atoms with van der Waals surface area (Å²) in [5.74, 6) is -0.423. The number of nitrogens with zero attached hydrogens (tertiary/aromatic N) is 6. The molecule has 13 heteroatoms. The van der Waals surface area contributed by atoms with E-state index in [-0.39, 0.29) is 37.6 Å². The quantitative estimate of drug-likeness (QED) is 0.226. The van der Waals surface area contributed by atoms with Crippen molar-refractivity contribution in [3.8, 4) is 11.1 Å². The van der Waals surface area contributed by atoms with Crippen LogP contribution in [-0.2, 0) is 20.9 Å². The fourth-order valence-electron chi connectivity index (χ4n) is 5.13. The zero-order valence-electron chi connectivity index (χ0n) is 23.5. The van der Waals surface area contributed by atoms with Crippen molar-refractivity contribution in [2.75, 3.05) is 25.6 Å². The minimum atomic E-state index is -1.92. The van der Waals surface area contributed by atoms with Gasteiger partial charge in [-0.1, -0.05) is 12.1 Å². The van der Waals surface area contributed by atoms with Crippen LogP contribution in [0.2, 0.25) is 0 Å². The van der Waals surface area contributed by atoms with Crippen molar-refractivity contribution < 1.29 is 23.5 Å². The Hall–Kier alpha value is -4.10. The number of halogens is 2. The molecule has 2 atom stereocenters. The molecule has 11 nitrogen and oxygen atoms in total. The number of Topliss-reactive ketones (excluding diaryl/α,β-unsaturated/α-hetero) is 1. The second kappa shape index (κ2) is 11.6. The van der Waals surface area contributed by atoms with Crippen LogP contribution in [0.4, 0.5) is 10.2 Å². The summed E-state index contributed by atoms with van der Waals surface area (Å²) in [6.45, 7) is 4.05. The third-order valence-corrected chi connectivity index (χ3v) is 7.64. The molecule has 2 amide bonds. The number of aromatic nitrogens is 5. The second-order valence-corrected chi connectivity index (χ2v) is 11.2. The van der Waals surface area contributed by atoms with Crippen LogP contribution in [0, 0.1) is 13.8 Å². The van der Waals surface area contributed by atoms with E-state index >= 15 is 4.39 Å². The summed E-state index contributed by atoms with van der Waals surface area (Å²) < 4.78 is 22.7. The number of hydrogen-bond donors (Lipinski definition) is 1. The maximum Gasteiger partial charge on any atom is 0.248 e. The van der Waals surface area contributed by atoms with Gasteiger partial charge in [-0.3, -0.25) is 19.1 Å². The van der Waals surface area contributed by atoms with Crippen LogP contribution in [0.25, 0.3) is 22.0 Å². The number of ether oxygens (including phenoxy) is 1. The van der Waals surface area contributed by atoms with Crippen molar-refractivity contribution in [3.63, 3.8) is 0 Å². The summed E-state index contributed by atoms with van der Waals surface area (Å²) in [5.41, 5.74) is 1.07. The topological polar surface area (TPSA) is 132 Å². The van der Waals surface area contributed by atoms with Crippen LogP contribution in [-0.4, -0.2) is 79.2 Å². The molecule has 0 saturated carbocycles. The SMILES string of the molecule is COC[C@@]1(F)C[C@@H](C(=O)Nc2nc(Br)ccc2C)N(C(=O)Cn2nc(C(C)=O)c3cc(-c4cnc(C)nc4)ccc32)C1. The van der Waals surface area contributed by atoms with E-state index in [1.54, 1.807) is 50.5 Å². The summed E-state index contributed by atoms with van der Waals surface area (Å²) in [6.07, 6.45) is 3.14. The van der Waals surface area contributed by atoms with Crippen LogP contribution < -0.4 is 5.32 Å². The van der Waals surface area contributed by atoms with Crippen LogP contribution in [0.5, 0.6) is 0 Å². The number of methoxy groups -OCH3 is 1. The van der Waals surface area contributed by atoms with Gasteiger partial charge in [-0.25, -0.2) is 19.3 Å². The Bertz CT molecular complexity index is 1690. The van der Waals surface area contributed by atoms with Crippen LogP contribution in [0.3, 0.4) is 0 Å². The Labute approximate surface area is 249 Å². The highest BCUT2D eigenvalue weighted by molar-refractivity contribution is 9.10. The fourth-order valence-corrected chi connectivity index (χ4v) is 5.44. The van der Waals surface area contributed by atoms with E-state index in [1.165, 1.54) is 23.6 Å².